The molecule has 0 aromatic carbocycles. The summed E-state index contributed by atoms with van der Waals surface area (Å²) in [5.41, 5.74) is -0.0395. The lowest BCUT2D eigenvalue weighted by Gasteiger charge is -2.10. The molecule has 0 bridgehead atoms. The molecule has 1 aromatic heterocycles. The second kappa shape index (κ2) is 4.71. The quantitative estimate of drug-likeness (QED) is 0.608. The van der Waals surface area contributed by atoms with Gasteiger partial charge in [0, 0.05) is 12.1 Å². The molecular weight excluding hydrogens is 254 g/mol. The zero-order valence-corrected chi connectivity index (χ0v) is 10.2. The van der Waals surface area contributed by atoms with Crippen LogP contribution in [0.5, 0.6) is 0 Å². The molecule has 0 spiro atoms. The molecule has 1 aliphatic carbocycles. The Labute approximate surface area is 108 Å². The Morgan fingerprint density at radius 2 is 2.21 bits per heavy atom. The highest BCUT2D eigenvalue weighted by Crippen LogP contribution is 2.37. The number of rotatable bonds is 5. The van der Waals surface area contributed by atoms with E-state index in [1.54, 1.807) is 4.57 Å². The zero-order chi connectivity index (χ0) is 14.2. The van der Waals surface area contributed by atoms with Crippen LogP contribution < -0.4 is 5.32 Å². The molecule has 0 unspecified atom stereocenters. The Balaban J connectivity index is 2.24. The highest BCUT2D eigenvalue weighted by Gasteiger charge is 2.31. The number of hydrogen-bond acceptors (Lipinski definition) is 4. The van der Waals surface area contributed by atoms with Crippen molar-refractivity contribution in [1.29, 1.82) is 0 Å². The molecule has 1 aliphatic rings. The first-order valence-electron chi connectivity index (χ1n) is 5.80. The van der Waals surface area contributed by atoms with E-state index in [0.29, 0.717) is 0 Å². The van der Waals surface area contributed by atoms with Gasteiger partial charge in [0.25, 0.3) is 11.6 Å². The molecular formula is C11H13N3O5. The Morgan fingerprint density at radius 3 is 2.68 bits per heavy atom. The zero-order valence-electron chi connectivity index (χ0n) is 10.2. The second-order valence-electron chi connectivity index (χ2n) is 4.51. The third kappa shape index (κ3) is 2.72. The van der Waals surface area contributed by atoms with Gasteiger partial charge in [-0.05, 0) is 19.8 Å². The minimum atomic E-state index is -1.16. The summed E-state index contributed by atoms with van der Waals surface area (Å²) in [6, 6.07) is 0.214. The summed E-state index contributed by atoms with van der Waals surface area (Å²) in [4.78, 5) is 32.8. The smallest absolute Gasteiger partial charge is 0.325 e. The summed E-state index contributed by atoms with van der Waals surface area (Å²) < 4.78 is 1.54. The highest BCUT2D eigenvalue weighted by atomic mass is 16.6. The molecule has 102 valence electrons. The lowest BCUT2D eigenvalue weighted by Crippen LogP contribution is -2.39. The summed E-state index contributed by atoms with van der Waals surface area (Å²) in [6.45, 7) is 1.33. The van der Waals surface area contributed by atoms with Crippen molar-refractivity contribution in [3.05, 3.63) is 28.1 Å². The Hall–Kier alpha value is -2.38. The van der Waals surface area contributed by atoms with Gasteiger partial charge in [-0.15, -0.1) is 0 Å². The Kier molecular flexibility index (Phi) is 3.24. The maximum atomic E-state index is 11.9. The van der Waals surface area contributed by atoms with Gasteiger partial charge in [0.1, 0.15) is 11.7 Å². The van der Waals surface area contributed by atoms with E-state index in [-0.39, 0.29) is 17.4 Å². The van der Waals surface area contributed by atoms with Crippen molar-refractivity contribution in [1.82, 2.24) is 9.88 Å². The summed E-state index contributed by atoms with van der Waals surface area (Å²) in [7, 11) is 0. The first-order chi connectivity index (χ1) is 8.90. The van der Waals surface area contributed by atoms with Gasteiger partial charge in [-0.2, -0.15) is 0 Å². The van der Waals surface area contributed by atoms with E-state index in [1.165, 1.54) is 19.2 Å². The van der Waals surface area contributed by atoms with E-state index in [0.717, 1.165) is 12.8 Å². The third-order valence-electron chi connectivity index (χ3n) is 2.94. The summed E-state index contributed by atoms with van der Waals surface area (Å²) in [6.07, 6.45) is 3.04. The van der Waals surface area contributed by atoms with Gasteiger partial charge in [-0.3, -0.25) is 19.7 Å². The Bertz CT molecular complexity index is 547. The van der Waals surface area contributed by atoms with Gasteiger partial charge in [-0.25, -0.2) is 0 Å². The van der Waals surface area contributed by atoms with Crippen LogP contribution in [-0.4, -0.2) is 32.5 Å². The van der Waals surface area contributed by atoms with Crippen molar-refractivity contribution in [3.8, 4) is 0 Å². The molecule has 2 rings (SSSR count). The van der Waals surface area contributed by atoms with Crippen LogP contribution >= 0.6 is 0 Å². The van der Waals surface area contributed by atoms with Gasteiger partial charge >= 0.3 is 5.97 Å². The Morgan fingerprint density at radius 1 is 1.58 bits per heavy atom. The predicted molar refractivity (Wildman–Crippen MR) is 63.9 cm³/mol. The first-order valence-corrected chi connectivity index (χ1v) is 5.80. The number of nitrogens with one attached hydrogen (secondary N) is 1. The minimum Gasteiger partial charge on any atom is -0.480 e. The minimum absolute atomic E-state index is 0.0922. The summed E-state index contributed by atoms with van der Waals surface area (Å²) in [5.74, 6) is -1.78. The maximum Gasteiger partial charge on any atom is 0.325 e. The van der Waals surface area contributed by atoms with Crippen LogP contribution in [-0.2, 0) is 4.79 Å². The van der Waals surface area contributed by atoms with Crippen molar-refractivity contribution in [2.45, 2.75) is 31.8 Å². The molecule has 1 fully saturated rings. The van der Waals surface area contributed by atoms with E-state index < -0.39 is 22.8 Å². The number of carbonyl (C=O) groups is 2. The molecule has 8 nitrogen and oxygen atoms in total. The van der Waals surface area contributed by atoms with Crippen molar-refractivity contribution >= 4 is 17.6 Å². The van der Waals surface area contributed by atoms with Gasteiger partial charge < -0.3 is 15.0 Å². The lowest BCUT2D eigenvalue weighted by molar-refractivity contribution is -0.384. The summed E-state index contributed by atoms with van der Waals surface area (Å²) in [5, 5.41) is 21.8. The van der Waals surface area contributed by atoms with Crippen LogP contribution in [0.4, 0.5) is 5.69 Å². The molecule has 0 radical (unpaired) electrons. The first kappa shape index (κ1) is 13.1. The molecule has 8 heteroatoms. The third-order valence-corrected chi connectivity index (χ3v) is 2.94. The highest BCUT2D eigenvalue weighted by molar-refractivity contribution is 5.96. The second-order valence-corrected chi connectivity index (χ2v) is 4.51. The number of hydrogen-bond donors (Lipinski definition) is 2. The predicted octanol–water partition coefficient (Wildman–Crippen LogP) is 0.934. The van der Waals surface area contributed by atoms with E-state index >= 15 is 0 Å². The van der Waals surface area contributed by atoms with E-state index in [9.17, 15) is 19.7 Å². The van der Waals surface area contributed by atoms with Crippen LogP contribution in [0.15, 0.2) is 12.3 Å². The molecule has 1 amide bonds. The van der Waals surface area contributed by atoms with Crippen molar-refractivity contribution in [2.75, 3.05) is 0 Å². The molecule has 1 atom stereocenters. The maximum absolute atomic E-state index is 11.9. The van der Waals surface area contributed by atoms with Gasteiger partial charge in [0.2, 0.25) is 0 Å². The average molecular weight is 267 g/mol. The van der Waals surface area contributed by atoms with Crippen molar-refractivity contribution < 1.29 is 19.6 Å². The van der Waals surface area contributed by atoms with Crippen molar-refractivity contribution in [3.63, 3.8) is 0 Å². The van der Waals surface area contributed by atoms with Crippen molar-refractivity contribution in [2.24, 2.45) is 0 Å². The van der Waals surface area contributed by atoms with Crippen LogP contribution in [0.2, 0.25) is 0 Å². The number of aromatic nitrogens is 1. The number of amides is 1. The molecule has 1 aromatic rings. The number of carboxylic acids is 1. The van der Waals surface area contributed by atoms with Crippen LogP contribution in [0.1, 0.15) is 36.3 Å². The van der Waals surface area contributed by atoms with Gasteiger partial charge in [0.15, 0.2) is 0 Å². The van der Waals surface area contributed by atoms with E-state index in [1.807, 2.05) is 0 Å². The normalized spacial score (nSPS) is 15.8. The fourth-order valence-corrected chi connectivity index (χ4v) is 1.73. The fraction of sp³-hybridized carbons (Fsp3) is 0.455. The molecule has 2 N–H and O–H groups in total. The molecule has 1 saturated carbocycles. The molecule has 1 heterocycles. The average Bonchev–Trinajstić information content (AvgIpc) is 3.07. The fourth-order valence-electron chi connectivity index (χ4n) is 1.73. The van der Waals surface area contributed by atoms with Gasteiger partial charge in [0.05, 0.1) is 11.1 Å². The number of carbonyl (C=O) groups excluding carboxylic acids is 1. The SMILES string of the molecule is C[C@H](NC(=O)c1cc([N+](=O)[O-])cn1C1CC1)C(=O)O. The van der Waals surface area contributed by atoms with Gasteiger partial charge in [-0.1, -0.05) is 0 Å². The standard InChI is InChI=1S/C11H13N3O5/c1-6(11(16)17)12-10(15)9-4-8(14(18)19)5-13(9)7-2-3-7/h4-7H,2-3H2,1H3,(H,12,15)(H,16,17)/t6-/m0/s1. The monoisotopic (exact) mass is 267 g/mol. The molecule has 0 aliphatic heterocycles. The lowest BCUT2D eigenvalue weighted by atomic mass is 10.3. The van der Waals surface area contributed by atoms with Crippen LogP contribution in [0, 0.1) is 10.1 Å². The number of carboxylic acid groups (broad SMARTS) is 1. The number of nitro groups is 1. The van der Waals surface area contributed by atoms with Crippen LogP contribution in [0.25, 0.3) is 0 Å². The van der Waals surface area contributed by atoms with E-state index in [2.05, 4.69) is 5.32 Å². The number of nitrogens with zero attached hydrogens (tertiary/aromatic N) is 2. The molecule has 0 saturated heterocycles. The number of aliphatic carboxylic acids is 1. The van der Waals surface area contributed by atoms with E-state index in [4.69, 9.17) is 5.11 Å². The summed E-state index contributed by atoms with van der Waals surface area (Å²) >= 11 is 0. The van der Waals surface area contributed by atoms with Crippen LogP contribution in [0.3, 0.4) is 0 Å². The topological polar surface area (TPSA) is 114 Å². The largest absolute Gasteiger partial charge is 0.480 e. The molecule has 19 heavy (non-hydrogen) atoms.